The number of benzene rings is 2. The Hall–Kier alpha value is -4.07. The minimum Gasteiger partial charge on any atom is -0.462 e. The predicted molar refractivity (Wildman–Crippen MR) is 155 cm³/mol. The summed E-state index contributed by atoms with van der Waals surface area (Å²) in [6, 6.07) is 14.8. The van der Waals surface area contributed by atoms with Crippen LogP contribution in [0.25, 0.3) is 27.5 Å². The predicted octanol–water partition coefficient (Wildman–Crippen LogP) is 3.11. The molecule has 0 aliphatic carbocycles. The van der Waals surface area contributed by atoms with Gasteiger partial charge in [0.25, 0.3) is 5.56 Å². The van der Waals surface area contributed by atoms with Crippen molar-refractivity contribution in [1.82, 2.24) is 29.7 Å². The molecule has 0 radical (unpaired) electrons. The Kier molecular flexibility index (Phi) is 7.09. The maximum absolute atomic E-state index is 14.3. The first kappa shape index (κ1) is 26.2. The van der Waals surface area contributed by atoms with Crippen molar-refractivity contribution in [3.63, 3.8) is 0 Å². The zero-order valence-corrected chi connectivity index (χ0v) is 23.2. The van der Waals surface area contributed by atoms with Crippen LogP contribution in [-0.4, -0.2) is 76.3 Å². The van der Waals surface area contributed by atoms with Gasteiger partial charge in [0.05, 0.1) is 18.2 Å². The summed E-state index contributed by atoms with van der Waals surface area (Å²) < 4.78 is 7.81. The molecule has 2 atom stereocenters. The minimum absolute atomic E-state index is 0.000368. The van der Waals surface area contributed by atoms with Gasteiger partial charge in [-0.2, -0.15) is 15.2 Å². The van der Waals surface area contributed by atoms with Crippen LogP contribution in [0.1, 0.15) is 30.7 Å². The summed E-state index contributed by atoms with van der Waals surface area (Å²) in [6.07, 6.45) is 2.57. The lowest BCUT2D eigenvalue weighted by atomic mass is 10.0. The lowest BCUT2D eigenvalue weighted by Gasteiger charge is -2.34. The number of aromatic nitrogens is 4. The van der Waals surface area contributed by atoms with E-state index in [-0.39, 0.29) is 29.2 Å². The monoisotopic (exact) mass is 538 g/mol. The van der Waals surface area contributed by atoms with Crippen LogP contribution in [0, 0.1) is 25.2 Å². The highest BCUT2D eigenvalue weighted by Gasteiger charge is 2.27. The Morgan fingerprint density at radius 3 is 2.70 bits per heavy atom. The van der Waals surface area contributed by atoms with Gasteiger partial charge in [0.15, 0.2) is 11.3 Å². The first-order chi connectivity index (χ1) is 19.4. The van der Waals surface area contributed by atoms with Gasteiger partial charge in [-0.25, -0.2) is 4.98 Å². The second kappa shape index (κ2) is 10.8. The van der Waals surface area contributed by atoms with E-state index in [0.717, 1.165) is 41.4 Å². The molecule has 10 nitrogen and oxygen atoms in total. The number of likely N-dealkylation sites (tertiary alicyclic amines) is 1. The molecule has 2 aromatic carbocycles. The van der Waals surface area contributed by atoms with E-state index in [1.54, 1.807) is 4.57 Å². The number of ether oxygens (including phenoxy) is 1. The first-order valence-electron chi connectivity index (χ1n) is 13.9. The highest BCUT2D eigenvalue weighted by Crippen LogP contribution is 2.29. The Balaban J connectivity index is 1.51. The van der Waals surface area contributed by atoms with Gasteiger partial charge < -0.3 is 19.9 Å². The van der Waals surface area contributed by atoms with E-state index < -0.39 is 0 Å². The average Bonchev–Trinajstić information content (AvgIpc) is 3.37. The van der Waals surface area contributed by atoms with Gasteiger partial charge >= 0.3 is 6.01 Å². The van der Waals surface area contributed by atoms with Crippen LogP contribution in [0.3, 0.4) is 0 Å². The zero-order chi connectivity index (χ0) is 27.8. The van der Waals surface area contributed by atoms with E-state index in [0.29, 0.717) is 49.8 Å². The van der Waals surface area contributed by atoms with Crippen LogP contribution in [0.4, 0.5) is 5.82 Å². The summed E-state index contributed by atoms with van der Waals surface area (Å²) in [7, 11) is 2.10. The Bertz CT molecular complexity index is 1670. The fraction of sp³-hybridized carbons (Fsp3) is 0.433. The summed E-state index contributed by atoms with van der Waals surface area (Å²) in [4.78, 5) is 33.0. The zero-order valence-electron chi connectivity index (χ0n) is 23.2. The van der Waals surface area contributed by atoms with Crippen LogP contribution >= 0.6 is 0 Å². The quantitative estimate of drug-likeness (QED) is 0.396. The van der Waals surface area contributed by atoms with E-state index in [1.807, 2.05) is 25.1 Å². The molecule has 40 heavy (non-hydrogen) atoms. The number of anilines is 1. The summed E-state index contributed by atoms with van der Waals surface area (Å²) in [5, 5.41) is 14.7. The molecule has 6 rings (SSSR count). The lowest BCUT2D eigenvalue weighted by molar-refractivity contribution is 0.188. The number of likely N-dealkylation sites (N-methyl/N-ethyl adjacent to an activating group) is 1. The molecular weight excluding hydrogens is 504 g/mol. The summed E-state index contributed by atoms with van der Waals surface area (Å²) in [5.74, 6) is 1.13. The van der Waals surface area contributed by atoms with E-state index in [2.05, 4.69) is 58.3 Å². The molecule has 2 aliphatic heterocycles. The number of aryl methyl sites for hydroxylation is 2. The fourth-order valence-corrected chi connectivity index (χ4v) is 6.03. The number of nitriles is 1. The largest absolute Gasteiger partial charge is 0.462 e. The number of hydrogen-bond donors (Lipinski definition) is 1. The van der Waals surface area contributed by atoms with E-state index >= 15 is 0 Å². The highest BCUT2D eigenvalue weighted by molar-refractivity contribution is 5.93. The summed E-state index contributed by atoms with van der Waals surface area (Å²) in [6.45, 7) is 7.34. The topological polar surface area (TPSA) is 112 Å². The number of nitrogens with zero attached hydrogens (tertiary/aromatic N) is 7. The lowest BCUT2D eigenvalue weighted by Crippen LogP contribution is -2.51. The van der Waals surface area contributed by atoms with Crippen molar-refractivity contribution in [1.29, 1.82) is 5.26 Å². The third kappa shape index (κ3) is 4.76. The van der Waals surface area contributed by atoms with Gasteiger partial charge in [-0.05, 0) is 57.3 Å². The van der Waals surface area contributed by atoms with Crippen molar-refractivity contribution in [2.75, 3.05) is 44.7 Å². The normalized spacial score (nSPS) is 19.8. The molecule has 2 fully saturated rings. The van der Waals surface area contributed by atoms with Crippen LogP contribution in [0.15, 0.2) is 41.2 Å². The maximum atomic E-state index is 14.3. The Morgan fingerprint density at radius 2 is 1.93 bits per heavy atom. The van der Waals surface area contributed by atoms with Gasteiger partial charge in [-0.1, -0.05) is 30.3 Å². The van der Waals surface area contributed by atoms with Crippen molar-refractivity contribution < 1.29 is 4.74 Å². The van der Waals surface area contributed by atoms with Crippen LogP contribution in [-0.2, 0) is 0 Å². The molecular formula is C30H34N8O2. The Labute approximate surface area is 233 Å². The van der Waals surface area contributed by atoms with Crippen molar-refractivity contribution >= 4 is 27.6 Å². The molecule has 2 aromatic heterocycles. The van der Waals surface area contributed by atoms with Crippen molar-refractivity contribution in [2.45, 2.75) is 45.2 Å². The molecule has 4 heterocycles. The number of hydrogen-bond acceptors (Lipinski definition) is 9. The first-order valence-corrected chi connectivity index (χ1v) is 13.9. The van der Waals surface area contributed by atoms with Crippen LogP contribution in [0.2, 0.25) is 0 Å². The maximum Gasteiger partial charge on any atom is 0.319 e. The Morgan fingerprint density at radius 1 is 1.10 bits per heavy atom. The number of rotatable bonds is 6. The fourth-order valence-electron chi connectivity index (χ4n) is 6.03. The smallest absolute Gasteiger partial charge is 0.319 e. The SMILES string of the molecule is Cc1cccc2cccc(-n3c(C)nc4c(N5CCNC(CC#N)C5)nc(OCC5CCCN5C)nc4c3=O)c12. The highest BCUT2D eigenvalue weighted by atomic mass is 16.5. The molecule has 206 valence electrons. The van der Waals surface area contributed by atoms with Gasteiger partial charge in [-0.15, -0.1) is 0 Å². The molecule has 0 saturated carbocycles. The molecule has 0 bridgehead atoms. The molecule has 4 aromatic rings. The van der Waals surface area contributed by atoms with Gasteiger partial charge in [0.1, 0.15) is 17.9 Å². The van der Waals surface area contributed by atoms with E-state index in [1.165, 1.54) is 0 Å². The second-order valence-corrected chi connectivity index (χ2v) is 10.8. The number of piperazine rings is 1. The third-order valence-corrected chi connectivity index (χ3v) is 8.15. The molecule has 2 unspecified atom stereocenters. The molecule has 10 heteroatoms. The van der Waals surface area contributed by atoms with E-state index in [9.17, 15) is 10.1 Å². The van der Waals surface area contributed by atoms with Gasteiger partial charge in [0, 0.05) is 37.1 Å². The van der Waals surface area contributed by atoms with Gasteiger partial charge in [0.2, 0.25) is 0 Å². The van der Waals surface area contributed by atoms with Crippen LogP contribution in [0.5, 0.6) is 6.01 Å². The van der Waals surface area contributed by atoms with Crippen molar-refractivity contribution in [2.24, 2.45) is 0 Å². The molecule has 2 saturated heterocycles. The number of fused-ring (bicyclic) bond motifs is 2. The molecule has 0 amide bonds. The molecule has 0 spiro atoms. The minimum atomic E-state index is -0.256. The van der Waals surface area contributed by atoms with Gasteiger partial charge in [-0.3, -0.25) is 9.36 Å². The third-order valence-electron chi connectivity index (χ3n) is 8.15. The number of nitrogens with one attached hydrogen (secondary N) is 1. The summed E-state index contributed by atoms with van der Waals surface area (Å²) >= 11 is 0. The van der Waals surface area contributed by atoms with E-state index in [4.69, 9.17) is 14.7 Å². The standard InChI is InChI=1S/C30H34N8O2/c1-19-7-4-8-21-9-5-11-24(25(19)21)38-20(2)33-26-27(29(38)39)34-30(40-18-23-10-6-15-36(23)3)35-28(26)37-16-14-32-22(17-37)12-13-31/h4-5,7-9,11,22-23,32H,6,10,12,14-18H2,1-3H3. The average molecular weight is 539 g/mol. The second-order valence-electron chi connectivity index (χ2n) is 10.8. The van der Waals surface area contributed by atoms with Crippen molar-refractivity contribution in [3.8, 4) is 17.8 Å². The molecule has 1 N–H and O–H groups in total. The summed E-state index contributed by atoms with van der Waals surface area (Å²) in [5.41, 5.74) is 2.29. The van der Waals surface area contributed by atoms with Crippen molar-refractivity contribution in [3.05, 3.63) is 58.1 Å². The molecule has 2 aliphatic rings. The van der Waals surface area contributed by atoms with Crippen LogP contribution < -0.4 is 20.5 Å².